The summed E-state index contributed by atoms with van der Waals surface area (Å²) in [4.78, 5) is 58.1. The van der Waals surface area contributed by atoms with Crippen molar-refractivity contribution >= 4 is 45.3 Å². The summed E-state index contributed by atoms with van der Waals surface area (Å²) in [6.07, 6.45) is 0.250. The van der Waals surface area contributed by atoms with Crippen LogP contribution in [0.3, 0.4) is 0 Å². The summed E-state index contributed by atoms with van der Waals surface area (Å²) < 4.78 is 21.4. The molecule has 0 radical (unpaired) electrons. The van der Waals surface area contributed by atoms with E-state index in [0.29, 0.717) is 0 Å². The standard InChI is InChI=1S/CO2.Mg.H2O6P2.O2/c2-1-3;;1-7(2)6-8(3,4)5;1-2/h;;(H2,3,4,5);/q;+2;;/p-2. The molecule has 0 aromatic heterocycles. The minimum absolute atomic E-state index is 0. The summed E-state index contributed by atoms with van der Waals surface area (Å²) in [5, 5.41) is 0. The van der Waals surface area contributed by atoms with Crippen molar-refractivity contribution in [3.05, 3.63) is 9.93 Å². The molecule has 0 fully saturated rings. The van der Waals surface area contributed by atoms with Gasteiger partial charge in [0, 0.05) is 9.93 Å². The summed E-state index contributed by atoms with van der Waals surface area (Å²) >= 11 is 0. The van der Waals surface area contributed by atoms with Crippen molar-refractivity contribution in [3.8, 4) is 0 Å². The van der Waals surface area contributed by atoms with Crippen LogP contribution >= 0.6 is 16.1 Å². The maximum Gasteiger partial charge on any atom is 2.00 e. The van der Waals surface area contributed by atoms with Crippen LogP contribution < -0.4 is 14.7 Å². The predicted molar refractivity (Wildman–Crippen MR) is 33.8 cm³/mol. The van der Waals surface area contributed by atoms with Crippen molar-refractivity contribution in [2.24, 2.45) is 0 Å². The minimum atomic E-state index is -5.32. The van der Waals surface area contributed by atoms with Crippen molar-refractivity contribution in [1.29, 1.82) is 0 Å². The molecule has 76 valence electrons. The first-order valence-electron chi connectivity index (χ1n) is 1.85. The first-order chi connectivity index (χ1) is 5.83. The van der Waals surface area contributed by atoms with Gasteiger partial charge in [-0.15, -0.1) is 4.31 Å². The van der Waals surface area contributed by atoms with Crippen LogP contribution in [-0.2, 0) is 23.0 Å². The molecule has 0 heterocycles. The van der Waals surface area contributed by atoms with Crippen LogP contribution in [0.2, 0.25) is 0 Å². The average Bonchev–Trinajstić information content (AvgIpc) is 1.87. The Hall–Kier alpha value is -0.0838. The smallest absolute Gasteiger partial charge is 0.786 e. The number of phosphoric acid groups is 1. The second kappa shape index (κ2) is 15.4. The van der Waals surface area contributed by atoms with Crippen LogP contribution in [0.4, 0.5) is 0 Å². The molecule has 14 heavy (non-hydrogen) atoms. The molecule has 13 heteroatoms. The molecule has 0 saturated heterocycles. The zero-order chi connectivity index (χ0) is 11.5. The Morgan fingerprint density at radius 3 is 1.43 bits per heavy atom. The van der Waals surface area contributed by atoms with Crippen LogP contribution in [0.1, 0.15) is 0 Å². The van der Waals surface area contributed by atoms with Gasteiger partial charge >= 0.3 is 37.5 Å². The molecule has 0 aliphatic heterocycles. The van der Waals surface area contributed by atoms with Gasteiger partial charge in [-0.3, -0.25) is 0 Å². The Labute approximate surface area is 93.2 Å². The minimum Gasteiger partial charge on any atom is -0.786 e. The van der Waals surface area contributed by atoms with E-state index in [4.69, 9.17) is 19.5 Å². The summed E-state index contributed by atoms with van der Waals surface area (Å²) in [6, 6.07) is 0. The molecule has 0 aliphatic rings. The van der Waals surface area contributed by atoms with Crippen LogP contribution in [0, 0.1) is 9.93 Å². The fraction of sp³-hybridized carbons (Fsp3) is 0. The van der Waals surface area contributed by atoms with Gasteiger partial charge in [-0.1, -0.05) is 0 Å². The van der Waals surface area contributed by atoms with Gasteiger partial charge in [0.1, 0.15) is 7.82 Å². The van der Waals surface area contributed by atoms with Gasteiger partial charge in [-0.05, 0) is 4.57 Å². The molecule has 0 amide bonds. The van der Waals surface area contributed by atoms with E-state index >= 15 is 0 Å². The largest absolute Gasteiger partial charge is 2.00 e. The third-order valence-electron chi connectivity index (χ3n) is 0.167. The second-order valence-corrected chi connectivity index (χ2v) is 2.83. The first-order valence-corrected chi connectivity index (χ1v) is 4.41. The monoisotopic (exact) mass is 258 g/mol. The van der Waals surface area contributed by atoms with E-state index in [2.05, 4.69) is 4.31 Å². The van der Waals surface area contributed by atoms with Crippen LogP contribution in [-0.4, -0.2) is 29.2 Å². The Kier molecular flexibility index (Phi) is 26.0. The van der Waals surface area contributed by atoms with Gasteiger partial charge in [0.2, 0.25) is 0 Å². The quantitative estimate of drug-likeness (QED) is 0.364. The van der Waals surface area contributed by atoms with Crippen LogP contribution in [0.15, 0.2) is 0 Å². The molecular formula is CMgO10P2. The molecule has 0 saturated carbocycles. The summed E-state index contributed by atoms with van der Waals surface area (Å²) in [6.45, 7) is 0. The summed E-state index contributed by atoms with van der Waals surface area (Å²) in [5.41, 5.74) is 0. The molecule has 10 nitrogen and oxygen atoms in total. The molecule has 1 atom stereocenters. The van der Waals surface area contributed by atoms with Gasteiger partial charge in [0.05, 0.1) is 0 Å². The fourth-order valence-electron chi connectivity index (χ4n) is 0.0816. The first kappa shape index (κ1) is 23.6. The molecule has 0 spiro atoms. The number of hydrogen-bond donors (Lipinski definition) is 0. The van der Waals surface area contributed by atoms with Gasteiger partial charge in [-0.2, -0.15) is 9.59 Å². The van der Waals surface area contributed by atoms with Crippen molar-refractivity contribution in [3.63, 3.8) is 0 Å². The van der Waals surface area contributed by atoms with Crippen molar-refractivity contribution < 1.29 is 37.7 Å². The Balaban J connectivity index is -0.0000000716. The van der Waals surface area contributed by atoms with E-state index in [0.717, 1.165) is 0 Å². The third kappa shape index (κ3) is 58.8. The fourth-order valence-corrected chi connectivity index (χ4v) is 0.735. The second-order valence-electron chi connectivity index (χ2n) is 0.836. The van der Waals surface area contributed by atoms with Gasteiger partial charge in [-0.25, -0.2) is 0 Å². The number of hydrogen-bond acceptors (Lipinski definition) is 10. The van der Waals surface area contributed by atoms with E-state index in [1.165, 1.54) is 0 Å². The van der Waals surface area contributed by atoms with E-state index in [9.17, 15) is 23.8 Å². The molecule has 0 aliphatic carbocycles. The molecule has 0 aromatic carbocycles. The van der Waals surface area contributed by atoms with Gasteiger partial charge in [0.15, 0.2) is 0 Å². The van der Waals surface area contributed by atoms with E-state index in [1.54, 1.807) is 0 Å². The summed E-state index contributed by atoms with van der Waals surface area (Å²) in [5.74, 6) is 0. The van der Waals surface area contributed by atoms with Crippen molar-refractivity contribution in [2.75, 3.05) is 0 Å². The van der Waals surface area contributed by atoms with Gasteiger partial charge < -0.3 is 19.2 Å². The number of rotatable bonds is 2. The number of carbonyl (C=O) groups excluding carboxylic acids is 2. The van der Waals surface area contributed by atoms with Gasteiger partial charge in [0.25, 0.3) is 0 Å². The normalized spacial score (nSPS) is 8.64. The zero-order valence-corrected chi connectivity index (χ0v) is 9.39. The average molecular weight is 258 g/mol. The molecule has 0 bridgehead atoms. The third-order valence-corrected chi connectivity index (χ3v) is 1.50. The van der Waals surface area contributed by atoms with E-state index in [1.807, 2.05) is 0 Å². The molecule has 1 unspecified atom stereocenters. The van der Waals surface area contributed by atoms with Crippen molar-refractivity contribution in [1.82, 2.24) is 0 Å². The Bertz CT molecular complexity index is 212. The molecular weight excluding hydrogens is 258 g/mol. The zero-order valence-electron chi connectivity index (χ0n) is 6.18. The summed E-state index contributed by atoms with van der Waals surface area (Å²) in [7, 11) is -8.89. The molecule has 0 aromatic rings. The van der Waals surface area contributed by atoms with Crippen LogP contribution in [0.25, 0.3) is 0 Å². The Morgan fingerprint density at radius 1 is 1.21 bits per heavy atom. The van der Waals surface area contributed by atoms with E-state index in [-0.39, 0.29) is 29.2 Å². The predicted octanol–water partition coefficient (Wildman–Crippen LogP) is -3.05. The van der Waals surface area contributed by atoms with Crippen molar-refractivity contribution in [2.45, 2.75) is 0 Å². The molecule has 0 rings (SSSR count). The SMILES string of the molecule is O=C=O.O=O.O=[P+]([O-])OP(=O)([O-])[O-].[Mg+2]. The Morgan fingerprint density at radius 2 is 1.43 bits per heavy atom. The maximum absolute atomic E-state index is 9.31. The van der Waals surface area contributed by atoms with Crippen LogP contribution in [0.5, 0.6) is 0 Å². The topological polar surface area (TPSA) is 181 Å². The molecule has 0 N–H and O–H groups in total. The van der Waals surface area contributed by atoms with E-state index < -0.39 is 16.1 Å². The maximum atomic E-state index is 9.31.